The molecule has 0 bridgehead atoms. The van der Waals surface area contributed by atoms with Crippen LogP contribution in [0.15, 0.2) is 36.4 Å². The largest absolute Gasteiger partial charge is 0.341 e. The monoisotopic (exact) mass is 245 g/mol. The summed E-state index contributed by atoms with van der Waals surface area (Å²) < 4.78 is 0. The molecule has 0 aliphatic carbocycles. The molecule has 0 fully saturated rings. The summed E-state index contributed by atoms with van der Waals surface area (Å²) in [5.74, 6) is 0.0534. The molecule has 1 amide bonds. The van der Waals surface area contributed by atoms with Gasteiger partial charge in [0.2, 0.25) is 5.91 Å². The van der Waals surface area contributed by atoms with Crippen LogP contribution in [0.4, 0.5) is 0 Å². The van der Waals surface area contributed by atoms with E-state index in [2.05, 4.69) is 45.0 Å². The van der Waals surface area contributed by atoms with Gasteiger partial charge in [-0.05, 0) is 25.5 Å². The van der Waals surface area contributed by atoms with Crippen LogP contribution in [0.3, 0.4) is 0 Å². The van der Waals surface area contributed by atoms with Gasteiger partial charge in [0, 0.05) is 19.0 Å². The molecule has 1 aromatic rings. The molecular weight excluding hydrogens is 222 g/mol. The molecule has 0 aliphatic rings. The number of likely N-dealkylation sites (N-methyl/N-ethyl adjacent to an activating group) is 1. The Morgan fingerprint density at radius 1 is 1.28 bits per heavy atom. The molecule has 0 aliphatic heterocycles. The molecule has 0 aromatic heterocycles. The molecule has 1 rings (SSSR count). The molecular formula is C16H23NO. The molecule has 0 radical (unpaired) electrons. The van der Waals surface area contributed by atoms with Crippen LogP contribution in [0, 0.1) is 6.92 Å². The third-order valence-electron chi connectivity index (χ3n) is 3.15. The van der Waals surface area contributed by atoms with Crippen LogP contribution in [-0.4, -0.2) is 24.4 Å². The lowest BCUT2D eigenvalue weighted by atomic mass is 9.84. The fourth-order valence-corrected chi connectivity index (χ4v) is 2.04. The number of hydrogen-bond donors (Lipinski definition) is 0. The average molecular weight is 245 g/mol. The second-order valence-corrected chi connectivity index (χ2v) is 5.44. The lowest BCUT2D eigenvalue weighted by molar-refractivity contribution is -0.125. The number of hydrogen-bond acceptors (Lipinski definition) is 1. The molecule has 98 valence electrons. The summed E-state index contributed by atoms with van der Waals surface area (Å²) in [5.41, 5.74) is 2.47. The van der Waals surface area contributed by atoms with Crippen molar-refractivity contribution in [3.8, 4) is 0 Å². The van der Waals surface area contributed by atoms with Gasteiger partial charge in [0.15, 0.2) is 0 Å². The van der Waals surface area contributed by atoms with Crippen molar-refractivity contribution in [2.24, 2.45) is 0 Å². The number of amides is 1. The van der Waals surface area contributed by atoms with Crippen LogP contribution in [0.25, 0.3) is 0 Å². The molecule has 0 saturated heterocycles. The minimum absolute atomic E-state index is 0.0420. The van der Waals surface area contributed by atoms with E-state index in [0.717, 1.165) is 0 Å². The maximum Gasteiger partial charge on any atom is 0.245 e. The van der Waals surface area contributed by atoms with Gasteiger partial charge in [-0.2, -0.15) is 0 Å². The van der Waals surface area contributed by atoms with E-state index in [-0.39, 0.29) is 11.3 Å². The highest BCUT2D eigenvalue weighted by Crippen LogP contribution is 2.24. The molecule has 0 N–H and O–H groups in total. The quantitative estimate of drug-likeness (QED) is 0.745. The van der Waals surface area contributed by atoms with Crippen LogP contribution in [0.1, 0.15) is 31.9 Å². The Bertz CT molecular complexity index is 429. The fourth-order valence-electron chi connectivity index (χ4n) is 2.04. The summed E-state index contributed by atoms with van der Waals surface area (Å²) in [6, 6.07) is 8.52. The van der Waals surface area contributed by atoms with Crippen LogP contribution in [-0.2, 0) is 10.2 Å². The molecule has 2 heteroatoms. The van der Waals surface area contributed by atoms with Gasteiger partial charge in [-0.1, -0.05) is 49.8 Å². The molecule has 1 aromatic carbocycles. The van der Waals surface area contributed by atoms with E-state index < -0.39 is 0 Å². The van der Waals surface area contributed by atoms with Gasteiger partial charge in [0.25, 0.3) is 0 Å². The smallest absolute Gasteiger partial charge is 0.245 e. The molecule has 18 heavy (non-hydrogen) atoms. The average Bonchev–Trinajstić information content (AvgIpc) is 2.29. The molecule has 0 atom stereocenters. The lowest BCUT2D eigenvalue weighted by Gasteiger charge is -2.30. The minimum atomic E-state index is -0.0420. The van der Waals surface area contributed by atoms with Gasteiger partial charge in [0.1, 0.15) is 0 Å². The summed E-state index contributed by atoms with van der Waals surface area (Å²) in [6.07, 6.45) is 3.38. The highest BCUT2D eigenvalue weighted by molar-refractivity contribution is 5.87. The first kappa shape index (κ1) is 14.5. The summed E-state index contributed by atoms with van der Waals surface area (Å²) in [7, 11) is 1.85. The zero-order valence-electron chi connectivity index (χ0n) is 12.0. The van der Waals surface area contributed by atoms with Crippen LogP contribution in [0.5, 0.6) is 0 Å². The predicted molar refractivity (Wildman–Crippen MR) is 76.7 cm³/mol. The van der Waals surface area contributed by atoms with E-state index >= 15 is 0 Å². The first-order valence-corrected chi connectivity index (χ1v) is 6.32. The Morgan fingerprint density at radius 3 is 2.33 bits per heavy atom. The Kier molecular flexibility index (Phi) is 4.71. The van der Waals surface area contributed by atoms with Gasteiger partial charge in [0.05, 0.1) is 0 Å². The Balaban J connectivity index is 2.81. The maximum atomic E-state index is 11.7. The van der Waals surface area contributed by atoms with Gasteiger partial charge in [-0.15, -0.1) is 0 Å². The summed E-state index contributed by atoms with van der Waals surface area (Å²) >= 11 is 0. The summed E-state index contributed by atoms with van der Waals surface area (Å²) in [6.45, 7) is 8.97. The number of aryl methyl sites for hydroxylation is 1. The van der Waals surface area contributed by atoms with Gasteiger partial charge in [-0.25, -0.2) is 0 Å². The van der Waals surface area contributed by atoms with Crippen molar-refractivity contribution in [2.45, 2.75) is 33.1 Å². The van der Waals surface area contributed by atoms with Crippen molar-refractivity contribution in [1.29, 1.82) is 0 Å². The van der Waals surface area contributed by atoms with E-state index in [9.17, 15) is 4.79 Å². The zero-order valence-corrected chi connectivity index (χ0v) is 12.0. The number of allylic oxidation sites excluding steroid dienone is 1. The minimum Gasteiger partial charge on any atom is -0.341 e. The molecule has 0 saturated carbocycles. The topological polar surface area (TPSA) is 20.3 Å². The lowest BCUT2D eigenvalue weighted by Crippen LogP contribution is -2.37. The second kappa shape index (κ2) is 5.85. The summed E-state index contributed by atoms with van der Waals surface area (Å²) in [4.78, 5) is 13.5. The van der Waals surface area contributed by atoms with Crippen molar-refractivity contribution in [2.75, 3.05) is 13.6 Å². The zero-order chi connectivity index (χ0) is 13.8. The van der Waals surface area contributed by atoms with E-state index in [0.29, 0.717) is 6.54 Å². The number of carbonyl (C=O) groups is 1. The second-order valence-electron chi connectivity index (χ2n) is 5.44. The standard InChI is InChI=1S/C16H23NO/c1-6-7-15(18)17(5)12-16(3,4)14-10-8-13(2)9-11-14/h6-11H,12H2,1-5H3/b7-6-. The number of carbonyl (C=O) groups excluding carboxylic acids is 1. The Hall–Kier alpha value is -1.57. The maximum absolute atomic E-state index is 11.7. The number of rotatable bonds is 4. The van der Waals surface area contributed by atoms with Crippen molar-refractivity contribution < 1.29 is 4.79 Å². The summed E-state index contributed by atoms with van der Waals surface area (Å²) in [5, 5.41) is 0. The highest BCUT2D eigenvalue weighted by Gasteiger charge is 2.23. The predicted octanol–water partition coefficient (Wildman–Crippen LogP) is 3.31. The van der Waals surface area contributed by atoms with Crippen molar-refractivity contribution >= 4 is 5.91 Å². The van der Waals surface area contributed by atoms with Gasteiger partial charge < -0.3 is 4.90 Å². The molecule has 0 heterocycles. The SMILES string of the molecule is C/C=C\C(=O)N(C)CC(C)(C)c1ccc(C)cc1. The van der Waals surface area contributed by atoms with Crippen molar-refractivity contribution in [3.05, 3.63) is 47.5 Å². The molecule has 2 nitrogen and oxygen atoms in total. The molecule has 0 spiro atoms. The van der Waals surface area contributed by atoms with E-state index in [1.807, 2.05) is 14.0 Å². The molecule has 0 unspecified atom stereocenters. The first-order chi connectivity index (χ1) is 8.36. The highest BCUT2D eigenvalue weighted by atomic mass is 16.2. The van der Waals surface area contributed by atoms with Crippen LogP contribution in [0.2, 0.25) is 0 Å². The van der Waals surface area contributed by atoms with Crippen molar-refractivity contribution in [3.63, 3.8) is 0 Å². The number of nitrogens with zero attached hydrogens (tertiary/aromatic N) is 1. The van der Waals surface area contributed by atoms with E-state index in [1.165, 1.54) is 11.1 Å². The Labute approximate surface area is 110 Å². The normalized spacial score (nSPS) is 11.8. The van der Waals surface area contributed by atoms with E-state index in [4.69, 9.17) is 0 Å². The van der Waals surface area contributed by atoms with Crippen molar-refractivity contribution in [1.82, 2.24) is 4.90 Å². The third kappa shape index (κ3) is 3.73. The van der Waals surface area contributed by atoms with Crippen LogP contribution >= 0.6 is 0 Å². The number of benzene rings is 1. The van der Waals surface area contributed by atoms with Gasteiger partial charge in [-0.3, -0.25) is 4.79 Å². The Morgan fingerprint density at radius 2 is 1.83 bits per heavy atom. The third-order valence-corrected chi connectivity index (χ3v) is 3.15. The first-order valence-electron chi connectivity index (χ1n) is 6.32. The van der Waals surface area contributed by atoms with Gasteiger partial charge >= 0.3 is 0 Å². The fraction of sp³-hybridized carbons (Fsp3) is 0.438. The van der Waals surface area contributed by atoms with Crippen LogP contribution < -0.4 is 0 Å². The van der Waals surface area contributed by atoms with E-state index in [1.54, 1.807) is 17.1 Å².